The first-order chi connectivity index (χ1) is 12.4. The van der Waals surface area contributed by atoms with Gasteiger partial charge in [-0.2, -0.15) is 0 Å². The molecule has 0 saturated heterocycles. The van der Waals surface area contributed by atoms with Gasteiger partial charge in [0.2, 0.25) is 0 Å². The average molecular weight is 350 g/mol. The van der Waals surface area contributed by atoms with E-state index in [9.17, 15) is 9.90 Å². The predicted molar refractivity (Wildman–Crippen MR) is 102 cm³/mol. The zero-order valence-corrected chi connectivity index (χ0v) is 15.5. The molecule has 1 aliphatic heterocycles. The van der Waals surface area contributed by atoms with Gasteiger partial charge >= 0.3 is 0 Å². The lowest BCUT2D eigenvalue weighted by Crippen LogP contribution is -2.47. The summed E-state index contributed by atoms with van der Waals surface area (Å²) in [6.45, 7) is 4.22. The number of Topliss-reactive ketones (excluding diaryl/α,β-unsaturated/α-hetero) is 1. The number of fused-ring (bicyclic) bond motifs is 3. The third-order valence-corrected chi connectivity index (χ3v) is 6.03. The maximum Gasteiger partial charge on any atom is 0.133 e. The number of rotatable bonds is 3. The van der Waals surface area contributed by atoms with Crippen LogP contribution in [-0.2, 0) is 17.6 Å². The number of carbonyl (C=O) groups is 1. The van der Waals surface area contributed by atoms with E-state index in [1.807, 2.05) is 24.3 Å². The van der Waals surface area contributed by atoms with Crippen LogP contribution in [0.4, 0.5) is 0 Å². The molecule has 2 unspecified atom stereocenters. The molecule has 2 aromatic carbocycles. The second kappa shape index (κ2) is 6.46. The lowest BCUT2D eigenvalue weighted by Gasteiger charge is -2.47. The van der Waals surface area contributed by atoms with Crippen LogP contribution in [0.1, 0.15) is 55.7 Å². The third-order valence-electron chi connectivity index (χ3n) is 6.03. The fraction of sp³-hybridized carbons (Fsp3) is 0.435. The Kier molecular flexibility index (Phi) is 4.26. The first-order valence-electron chi connectivity index (χ1n) is 9.54. The van der Waals surface area contributed by atoms with Crippen LogP contribution in [0.25, 0.3) is 0 Å². The summed E-state index contributed by atoms with van der Waals surface area (Å²) in [5, 5.41) is 10.7. The molecule has 2 atom stereocenters. The quantitative estimate of drug-likeness (QED) is 0.865. The largest absolute Gasteiger partial charge is 0.508 e. The van der Waals surface area contributed by atoms with Crippen LogP contribution in [0.15, 0.2) is 42.5 Å². The van der Waals surface area contributed by atoms with Gasteiger partial charge in [-0.3, -0.25) is 4.79 Å². The van der Waals surface area contributed by atoms with Crippen molar-refractivity contribution in [1.82, 2.24) is 0 Å². The monoisotopic (exact) mass is 350 g/mol. The number of hydrogen-bond donors (Lipinski definition) is 1. The molecule has 0 radical (unpaired) electrons. The second-order valence-corrected chi connectivity index (χ2v) is 8.21. The summed E-state index contributed by atoms with van der Waals surface area (Å²) >= 11 is 0. The smallest absolute Gasteiger partial charge is 0.133 e. The molecule has 2 aliphatic rings. The lowest BCUT2D eigenvalue weighted by atomic mass is 9.66. The number of ether oxygens (including phenoxy) is 1. The highest BCUT2D eigenvalue weighted by Gasteiger charge is 2.47. The standard InChI is InChI=1S/C23H26O3/c1-23(2)19-11-10-17(24)14-18(19)22-20(25)12-16(13-21(22)26-23)9-8-15-6-4-3-5-7-15/h3-7,12-13,18-19,25H,8-11,14H2,1-2H3. The highest BCUT2D eigenvalue weighted by molar-refractivity contribution is 5.81. The van der Waals surface area contributed by atoms with Gasteiger partial charge in [0.05, 0.1) is 0 Å². The topological polar surface area (TPSA) is 46.5 Å². The molecule has 0 spiro atoms. The molecule has 1 N–H and O–H groups in total. The zero-order chi connectivity index (χ0) is 18.3. The van der Waals surface area contributed by atoms with Crippen LogP contribution >= 0.6 is 0 Å². The molecule has 1 aliphatic carbocycles. The first-order valence-corrected chi connectivity index (χ1v) is 9.54. The number of ketones is 1. The first kappa shape index (κ1) is 17.1. The van der Waals surface area contributed by atoms with E-state index in [0.717, 1.165) is 36.1 Å². The molecular formula is C23H26O3. The molecule has 2 aromatic rings. The summed E-state index contributed by atoms with van der Waals surface area (Å²) in [7, 11) is 0. The van der Waals surface area contributed by atoms with Crippen molar-refractivity contribution >= 4 is 5.78 Å². The van der Waals surface area contributed by atoms with Crippen molar-refractivity contribution in [3.05, 3.63) is 59.2 Å². The van der Waals surface area contributed by atoms with Crippen molar-refractivity contribution in [2.24, 2.45) is 5.92 Å². The number of benzene rings is 2. The maximum absolute atomic E-state index is 12.1. The van der Waals surface area contributed by atoms with Gasteiger partial charge in [-0.25, -0.2) is 0 Å². The van der Waals surface area contributed by atoms with Crippen molar-refractivity contribution in [2.45, 2.75) is 57.5 Å². The zero-order valence-electron chi connectivity index (χ0n) is 15.5. The molecule has 0 aromatic heterocycles. The number of aromatic hydroxyl groups is 1. The number of phenols is 1. The van der Waals surface area contributed by atoms with E-state index in [4.69, 9.17) is 4.74 Å². The van der Waals surface area contributed by atoms with Gasteiger partial charge in [-0.05, 0) is 56.4 Å². The number of phenolic OH excluding ortho intramolecular Hbond substituents is 1. The van der Waals surface area contributed by atoms with Gasteiger partial charge in [0.15, 0.2) is 0 Å². The molecular weight excluding hydrogens is 324 g/mol. The molecule has 0 bridgehead atoms. The lowest BCUT2D eigenvalue weighted by molar-refractivity contribution is -0.124. The van der Waals surface area contributed by atoms with E-state index >= 15 is 0 Å². The summed E-state index contributed by atoms with van der Waals surface area (Å²) in [5.74, 6) is 1.68. The van der Waals surface area contributed by atoms with Gasteiger partial charge < -0.3 is 9.84 Å². The van der Waals surface area contributed by atoms with Crippen molar-refractivity contribution in [1.29, 1.82) is 0 Å². The normalized spacial score (nSPS) is 23.7. The van der Waals surface area contributed by atoms with Gasteiger partial charge in [0.25, 0.3) is 0 Å². The molecule has 1 fully saturated rings. The second-order valence-electron chi connectivity index (χ2n) is 8.21. The summed E-state index contributed by atoms with van der Waals surface area (Å²) in [6, 6.07) is 14.3. The van der Waals surface area contributed by atoms with E-state index in [1.165, 1.54) is 5.56 Å². The Balaban J connectivity index is 1.64. The summed E-state index contributed by atoms with van der Waals surface area (Å²) in [5.41, 5.74) is 2.87. The maximum atomic E-state index is 12.1. The Hall–Kier alpha value is -2.29. The molecule has 3 heteroatoms. The van der Waals surface area contributed by atoms with E-state index in [-0.39, 0.29) is 23.2 Å². The van der Waals surface area contributed by atoms with Gasteiger partial charge in [0, 0.05) is 30.2 Å². The fourth-order valence-corrected chi connectivity index (χ4v) is 4.70. The highest BCUT2D eigenvalue weighted by atomic mass is 16.5. The highest BCUT2D eigenvalue weighted by Crippen LogP contribution is 2.53. The Bertz CT molecular complexity index is 823. The van der Waals surface area contributed by atoms with Crippen LogP contribution in [0, 0.1) is 5.92 Å². The Labute approximate surface area is 155 Å². The minimum absolute atomic E-state index is 0.0678. The van der Waals surface area contributed by atoms with Crippen molar-refractivity contribution in [3.8, 4) is 11.5 Å². The fourth-order valence-electron chi connectivity index (χ4n) is 4.70. The van der Waals surface area contributed by atoms with Crippen LogP contribution in [0.5, 0.6) is 11.5 Å². The summed E-state index contributed by atoms with van der Waals surface area (Å²) in [6.07, 6.45) is 3.75. The number of hydrogen-bond acceptors (Lipinski definition) is 3. The Morgan fingerprint density at radius 3 is 2.62 bits per heavy atom. The van der Waals surface area contributed by atoms with Gasteiger partial charge in [-0.15, -0.1) is 0 Å². The van der Waals surface area contributed by atoms with Gasteiger partial charge in [0.1, 0.15) is 22.9 Å². The molecule has 1 saturated carbocycles. The minimum atomic E-state index is -0.317. The molecule has 3 nitrogen and oxygen atoms in total. The average Bonchev–Trinajstić information content (AvgIpc) is 2.59. The Morgan fingerprint density at radius 1 is 1.12 bits per heavy atom. The van der Waals surface area contributed by atoms with Crippen molar-refractivity contribution in [3.63, 3.8) is 0 Å². The molecule has 1 heterocycles. The molecule has 4 rings (SSSR count). The van der Waals surface area contributed by atoms with Crippen LogP contribution in [0.2, 0.25) is 0 Å². The number of carbonyl (C=O) groups excluding carboxylic acids is 1. The van der Waals surface area contributed by atoms with Crippen molar-refractivity contribution in [2.75, 3.05) is 0 Å². The predicted octanol–water partition coefficient (Wildman–Crippen LogP) is 4.80. The third kappa shape index (κ3) is 3.11. The van der Waals surface area contributed by atoms with E-state index in [0.29, 0.717) is 18.6 Å². The van der Waals surface area contributed by atoms with Crippen molar-refractivity contribution < 1.29 is 14.6 Å². The minimum Gasteiger partial charge on any atom is -0.508 e. The SMILES string of the molecule is CC1(C)Oc2cc(CCc3ccccc3)cc(O)c2C2CC(=O)CCC21. The van der Waals surface area contributed by atoms with Crippen LogP contribution in [-0.4, -0.2) is 16.5 Å². The van der Waals surface area contributed by atoms with E-state index in [1.54, 1.807) is 0 Å². The molecule has 0 amide bonds. The van der Waals surface area contributed by atoms with Crippen LogP contribution in [0.3, 0.4) is 0 Å². The molecule has 26 heavy (non-hydrogen) atoms. The van der Waals surface area contributed by atoms with Crippen LogP contribution < -0.4 is 4.74 Å². The molecule has 136 valence electrons. The van der Waals surface area contributed by atoms with E-state index in [2.05, 4.69) is 32.0 Å². The summed E-state index contributed by atoms with van der Waals surface area (Å²) in [4.78, 5) is 12.1. The van der Waals surface area contributed by atoms with Gasteiger partial charge in [-0.1, -0.05) is 30.3 Å². The van der Waals surface area contributed by atoms with E-state index < -0.39 is 0 Å². The summed E-state index contributed by atoms with van der Waals surface area (Å²) < 4.78 is 6.33. The number of aryl methyl sites for hydroxylation is 2. The Morgan fingerprint density at radius 2 is 1.85 bits per heavy atom.